The lowest BCUT2D eigenvalue weighted by molar-refractivity contribution is -0.141. The summed E-state index contributed by atoms with van der Waals surface area (Å²) in [6.45, 7) is 4.18. The molecule has 0 aromatic carbocycles. The van der Waals surface area contributed by atoms with Gasteiger partial charge in [0.15, 0.2) is 0 Å². The zero-order valence-electron chi connectivity index (χ0n) is 10.5. The molecule has 0 saturated heterocycles. The number of hydrogen-bond donors (Lipinski definition) is 0. The van der Waals surface area contributed by atoms with Gasteiger partial charge in [-0.25, -0.2) is 0 Å². The Hall–Kier alpha value is -0.860. The van der Waals surface area contributed by atoms with Crippen molar-refractivity contribution in [3.05, 3.63) is 0 Å². The van der Waals surface area contributed by atoms with E-state index in [9.17, 15) is 9.59 Å². The fourth-order valence-corrected chi connectivity index (χ4v) is 2.60. The van der Waals surface area contributed by atoms with E-state index in [1.165, 1.54) is 7.11 Å². The molecule has 0 N–H and O–H groups in total. The minimum atomic E-state index is -0.210. The summed E-state index contributed by atoms with van der Waals surface area (Å²) >= 11 is 0. The third-order valence-corrected chi connectivity index (χ3v) is 3.81. The van der Waals surface area contributed by atoms with Crippen LogP contribution < -0.4 is 0 Å². The van der Waals surface area contributed by atoms with Crippen LogP contribution in [0.1, 0.15) is 46.0 Å². The van der Waals surface area contributed by atoms with Gasteiger partial charge >= 0.3 is 5.97 Å². The summed E-state index contributed by atoms with van der Waals surface area (Å²) in [5.74, 6) is 0.861. The maximum absolute atomic E-state index is 12.1. The van der Waals surface area contributed by atoms with Gasteiger partial charge in [0.25, 0.3) is 0 Å². The van der Waals surface area contributed by atoms with Gasteiger partial charge in [-0.3, -0.25) is 9.59 Å². The SMILES string of the molecule is CCC1CCC(C)C(CCC(=O)OC)C1=O. The minimum Gasteiger partial charge on any atom is -0.469 e. The Morgan fingerprint density at radius 3 is 2.69 bits per heavy atom. The zero-order chi connectivity index (χ0) is 12.1. The largest absolute Gasteiger partial charge is 0.469 e. The van der Waals surface area contributed by atoms with Gasteiger partial charge < -0.3 is 4.74 Å². The highest BCUT2D eigenvalue weighted by molar-refractivity contribution is 5.84. The quantitative estimate of drug-likeness (QED) is 0.692. The van der Waals surface area contributed by atoms with Crippen molar-refractivity contribution in [3.63, 3.8) is 0 Å². The monoisotopic (exact) mass is 226 g/mol. The minimum absolute atomic E-state index is 0.0674. The van der Waals surface area contributed by atoms with Gasteiger partial charge in [-0.15, -0.1) is 0 Å². The fourth-order valence-electron chi connectivity index (χ4n) is 2.60. The lowest BCUT2D eigenvalue weighted by Gasteiger charge is -2.32. The molecule has 0 amide bonds. The van der Waals surface area contributed by atoms with Crippen LogP contribution in [0.5, 0.6) is 0 Å². The van der Waals surface area contributed by atoms with E-state index in [0.717, 1.165) is 19.3 Å². The molecule has 0 spiro atoms. The second-order valence-electron chi connectivity index (χ2n) is 4.78. The molecule has 0 aromatic heterocycles. The normalized spacial score (nSPS) is 30.2. The summed E-state index contributed by atoms with van der Waals surface area (Å²) in [4.78, 5) is 23.2. The standard InChI is InChI=1S/C13H22O3/c1-4-10-6-5-9(2)11(13(10)15)7-8-12(14)16-3/h9-11H,4-8H2,1-3H3. The Balaban J connectivity index is 2.54. The number of hydrogen-bond acceptors (Lipinski definition) is 3. The maximum atomic E-state index is 12.1. The molecule has 0 bridgehead atoms. The van der Waals surface area contributed by atoms with Crippen LogP contribution in [0.25, 0.3) is 0 Å². The van der Waals surface area contributed by atoms with Crippen LogP contribution in [0.3, 0.4) is 0 Å². The smallest absolute Gasteiger partial charge is 0.305 e. The number of carbonyl (C=O) groups excluding carboxylic acids is 2. The highest BCUT2D eigenvalue weighted by atomic mass is 16.5. The van der Waals surface area contributed by atoms with Crippen molar-refractivity contribution in [2.45, 2.75) is 46.0 Å². The fraction of sp³-hybridized carbons (Fsp3) is 0.846. The van der Waals surface area contributed by atoms with Crippen molar-refractivity contribution in [3.8, 4) is 0 Å². The third-order valence-electron chi connectivity index (χ3n) is 3.81. The summed E-state index contributed by atoms with van der Waals surface area (Å²) < 4.78 is 4.61. The van der Waals surface area contributed by atoms with Gasteiger partial charge in [0.05, 0.1) is 7.11 Å². The van der Waals surface area contributed by atoms with E-state index >= 15 is 0 Å². The average molecular weight is 226 g/mol. The van der Waals surface area contributed by atoms with Crippen LogP contribution in [-0.4, -0.2) is 18.9 Å². The summed E-state index contributed by atoms with van der Waals surface area (Å²) in [7, 11) is 1.39. The first-order valence-electron chi connectivity index (χ1n) is 6.20. The van der Waals surface area contributed by atoms with Crippen LogP contribution in [0.2, 0.25) is 0 Å². The molecular weight excluding hydrogens is 204 g/mol. The molecule has 1 fully saturated rings. The number of methoxy groups -OCH3 is 1. The Bertz CT molecular complexity index is 260. The molecule has 0 heterocycles. The summed E-state index contributed by atoms with van der Waals surface area (Å²) in [6, 6.07) is 0. The molecule has 1 saturated carbocycles. The number of Topliss-reactive ketones (excluding diaryl/α,β-unsaturated/α-hetero) is 1. The molecular formula is C13H22O3. The molecule has 1 aliphatic rings. The Labute approximate surface area is 97.5 Å². The first-order chi connectivity index (χ1) is 7.60. The number of esters is 1. The van der Waals surface area contributed by atoms with Gasteiger partial charge in [-0.1, -0.05) is 13.8 Å². The van der Waals surface area contributed by atoms with Crippen molar-refractivity contribution in [2.24, 2.45) is 17.8 Å². The Morgan fingerprint density at radius 2 is 2.12 bits per heavy atom. The second-order valence-corrected chi connectivity index (χ2v) is 4.78. The average Bonchev–Trinajstić information content (AvgIpc) is 2.28. The topological polar surface area (TPSA) is 43.4 Å². The van der Waals surface area contributed by atoms with E-state index in [1.807, 2.05) is 0 Å². The first-order valence-corrected chi connectivity index (χ1v) is 6.20. The van der Waals surface area contributed by atoms with E-state index < -0.39 is 0 Å². The van der Waals surface area contributed by atoms with Crippen molar-refractivity contribution in [1.82, 2.24) is 0 Å². The van der Waals surface area contributed by atoms with Gasteiger partial charge in [-0.05, 0) is 31.6 Å². The molecule has 0 aliphatic heterocycles. The van der Waals surface area contributed by atoms with Crippen molar-refractivity contribution in [1.29, 1.82) is 0 Å². The summed E-state index contributed by atoms with van der Waals surface area (Å²) in [5.41, 5.74) is 0. The van der Waals surface area contributed by atoms with Gasteiger partial charge in [0.1, 0.15) is 5.78 Å². The summed E-state index contributed by atoms with van der Waals surface area (Å²) in [5, 5.41) is 0. The second kappa shape index (κ2) is 6.02. The molecule has 1 aliphatic carbocycles. The predicted octanol–water partition coefficient (Wildman–Crippen LogP) is 2.58. The molecule has 92 valence electrons. The van der Waals surface area contributed by atoms with Crippen LogP contribution in [0.4, 0.5) is 0 Å². The lowest BCUT2D eigenvalue weighted by atomic mass is 9.71. The molecule has 3 atom stereocenters. The molecule has 3 nitrogen and oxygen atoms in total. The molecule has 1 rings (SSSR count). The van der Waals surface area contributed by atoms with Crippen molar-refractivity contribution < 1.29 is 14.3 Å². The van der Waals surface area contributed by atoms with Gasteiger partial charge in [0.2, 0.25) is 0 Å². The maximum Gasteiger partial charge on any atom is 0.305 e. The van der Waals surface area contributed by atoms with Crippen LogP contribution in [-0.2, 0) is 14.3 Å². The van der Waals surface area contributed by atoms with Gasteiger partial charge in [-0.2, -0.15) is 0 Å². The van der Waals surface area contributed by atoms with E-state index in [-0.39, 0.29) is 17.8 Å². The van der Waals surface area contributed by atoms with Crippen molar-refractivity contribution in [2.75, 3.05) is 7.11 Å². The van der Waals surface area contributed by atoms with Crippen LogP contribution >= 0.6 is 0 Å². The predicted molar refractivity (Wildman–Crippen MR) is 61.9 cm³/mol. The molecule has 16 heavy (non-hydrogen) atoms. The van der Waals surface area contributed by atoms with E-state index in [2.05, 4.69) is 18.6 Å². The van der Waals surface area contributed by atoms with Crippen LogP contribution in [0, 0.1) is 17.8 Å². The zero-order valence-corrected chi connectivity index (χ0v) is 10.5. The number of rotatable bonds is 4. The number of carbonyl (C=O) groups is 2. The Kier molecular flexibility index (Phi) is 4.97. The molecule has 3 unspecified atom stereocenters. The number of ketones is 1. The van der Waals surface area contributed by atoms with Crippen LogP contribution in [0.15, 0.2) is 0 Å². The first kappa shape index (κ1) is 13.2. The van der Waals surface area contributed by atoms with E-state index in [1.54, 1.807) is 0 Å². The molecule has 0 aromatic rings. The summed E-state index contributed by atoms with van der Waals surface area (Å²) in [6.07, 6.45) is 4.08. The number of ether oxygens (including phenoxy) is 1. The van der Waals surface area contributed by atoms with E-state index in [0.29, 0.717) is 24.5 Å². The molecule has 0 radical (unpaired) electrons. The van der Waals surface area contributed by atoms with Crippen molar-refractivity contribution >= 4 is 11.8 Å². The Morgan fingerprint density at radius 1 is 1.44 bits per heavy atom. The lowest BCUT2D eigenvalue weighted by Crippen LogP contribution is -2.34. The highest BCUT2D eigenvalue weighted by Crippen LogP contribution is 2.34. The van der Waals surface area contributed by atoms with E-state index in [4.69, 9.17) is 0 Å². The third kappa shape index (κ3) is 3.06. The molecule has 3 heteroatoms. The van der Waals surface area contributed by atoms with Gasteiger partial charge in [0, 0.05) is 18.3 Å². The highest BCUT2D eigenvalue weighted by Gasteiger charge is 2.34.